The summed E-state index contributed by atoms with van der Waals surface area (Å²) in [5.41, 5.74) is 0. The Bertz CT molecular complexity index is 1380. The molecule has 0 saturated heterocycles. The molecule has 3 N–H and O–H groups in total. The number of esters is 1. The summed E-state index contributed by atoms with van der Waals surface area (Å²) in [5.74, 6) is -0.0138. The molecule has 6 heteroatoms. The fourth-order valence-corrected chi connectivity index (χ4v) is 13.0. The number of carbonyl (C=O) groups excluding carboxylic acids is 2. The lowest BCUT2D eigenvalue weighted by molar-refractivity contribution is -0.143. The number of rotatable bonds is 77. The fourth-order valence-electron chi connectivity index (χ4n) is 13.0. The quantitative estimate of drug-likeness (QED) is 0.0320. The van der Waals surface area contributed by atoms with Gasteiger partial charge in [-0.2, -0.15) is 0 Å². The van der Waals surface area contributed by atoms with Crippen molar-refractivity contribution >= 4 is 11.9 Å². The molecule has 0 aromatic rings. The molecule has 0 aromatic carbocycles. The lowest BCUT2D eigenvalue weighted by atomic mass is 10.0. The van der Waals surface area contributed by atoms with E-state index in [-0.39, 0.29) is 18.5 Å². The van der Waals surface area contributed by atoms with Crippen LogP contribution in [0.5, 0.6) is 0 Å². The molecule has 0 saturated carbocycles. The third-order valence-electron chi connectivity index (χ3n) is 19.2. The Balaban J connectivity index is 3.34. The molecule has 1 amide bonds. The van der Waals surface area contributed by atoms with Gasteiger partial charge in [0, 0.05) is 12.8 Å². The van der Waals surface area contributed by atoms with E-state index in [4.69, 9.17) is 4.74 Å². The molecule has 88 heavy (non-hydrogen) atoms. The largest absolute Gasteiger partial charge is 0.466 e. The van der Waals surface area contributed by atoms with Gasteiger partial charge in [-0.15, -0.1) is 0 Å². The smallest absolute Gasteiger partial charge is 0.305 e. The monoisotopic (exact) mass is 1240 g/mol. The molecule has 6 nitrogen and oxygen atoms in total. The van der Waals surface area contributed by atoms with Crippen LogP contribution in [0.1, 0.15) is 463 Å². The Labute approximate surface area is 551 Å². The average molecular weight is 1240 g/mol. The van der Waals surface area contributed by atoms with Crippen molar-refractivity contribution in [3.05, 3.63) is 24.3 Å². The second-order valence-corrected chi connectivity index (χ2v) is 28.1. The Morgan fingerprint density at radius 3 is 0.818 bits per heavy atom. The molecular weight excluding hydrogens is 1080 g/mol. The van der Waals surface area contributed by atoms with Crippen molar-refractivity contribution in [1.82, 2.24) is 5.32 Å². The minimum Gasteiger partial charge on any atom is -0.466 e. The maximum atomic E-state index is 12.6. The van der Waals surface area contributed by atoms with E-state index < -0.39 is 12.1 Å². The van der Waals surface area contributed by atoms with Crippen molar-refractivity contribution in [2.75, 3.05) is 13.2 Å². The molecule has 0 aliphatic carbocycles. The van der Waals surface area contributed by atoms with Gasteiger partial charge in [-0.05, 0) is 77.0 Å². The minimum atomic E-state index is -0.663. The standard InChI is InChI=1S/C82H159NO5/c1-3-5-7-9-11-13-15-17-18-19-20-21-35-38-41-44-47-51-54-58-62-66-70-74-80(85)79(78-84)83-81(86)75-71-67-63-59-55-52-48-45-42-39-36-33-31-29-27-25-23-22-24-26-28-30-32-34-37-40-43-46-49-53-57-61-65-69-73-77-88-82(87)76-72-68-64-60-56-50-16-14-12-10-8-6-4-2/h14,16,24,26,79-80,84-85H,3-13,15,17-23,25,27-78H2,1-2H3,(H,83,86)/b16-14-,26-24-. The highest BCUT2D eigenvalue weighted by atomic mass is 16.5. The first-order chi connectivity index (χ1) is 43.5. The molecule has 0 rings (SSSR count). The van der Waals surface area contributed by atoms with Crippen molar-refractivity contribution in [1.29, 1.82) is 0 Å². The van der Waals surface area contributed by atoms with Crippen LogP contribution in [0.25, 0.3) is 0 Å². The number of aliphatic hydroxyl groups excluding tert-OH is 2. The number of ether oxygens (including phenoxy) is 1. The summed E-state index contributed by atoms with van der Waals surface area (Å²) in [4.78, 5) is 24.6. The molecule has 0 aliphatic heterocycles. The average Bonchev–Trinajstić information content (AvgIpc) is 3.53. The molecule has 0 aliphatic rings. The zero-order chi connectivity index (χ0) is 63.5. The molecule has 0 spiro atoms. The minimum absolute atomic E-state index is 0.0118. The predicted octanol–water partition coefficient (Wildman–Crippen LogP) is 26.8. The first-order valence-electron chi connectivity index (χ1n) is 40.6. The fraction of sp³-hybridized carbons (Fsp3) is 0.927. The van der Waals surface area contributed by atoms with E-state index in [9.17, 15) is 19.8 Å². The summed E-state index contributed by atoms with van der Waals surface area (Å²) in [6.45, 7) is 4.99. The van der Waals surface area contributed by atoms with Crippen LogP contribution in [0.4, 0.5) is 0 Å². The van der Waals surface area contributed by atoms with Crippen LogP contribution in [0.3, 0.4) is 0 Å². The van der Waals surface area contributed by atoms with E-state index in [2.05, 4.69) is 43.5 Å². The van der Waals surface area contributed by atoms with E-state index in [0.717, 1.165) is 44.9 Å². The normalized spacial score (nSPS) is 12.5. The highest BCUT2D eigenvalue weighted by molar-refractivity contribution is 5.76. The van der Waals surface area contributed by atoms with Gasteiger partial charge in [0.1, 0.15) is 0 Å². The molecule has 0 radical (unpaired) electrons. The number of nitrogens with one attached hydrogen (secondary N) is 1. The van der Waals surface area contributed by atoms with Gasteiger partial charge >= 0.3 is 5.97 Å². The van der Waals surface area contributed by atoms with E-state index in [1.165, 1.54) is 385 Å². The first kappa shape index (κ1) is 86.3. The van der Waals surface area contributed by atoms with Crippen LogP contribution < -0.4 is 5.32 Å². The Hall–Kier alpha value is -1.66. The van der Waals surface area contributed by atoms with Crippen LogP contribution in [0, 0.1) is 0 Å². The van der Waals surface area contributed by atoms with Gasteiger partial charge in [0.15, 0.2) is 0 Å². The molecule has 0 bridgehead atoms. The molecular formula is C82H159NO5. The van der Waals surface area contributed by atoms with E-state index in [1.807, 2.05) is 0 Å². The van der Waals surface area contributed by atoms with Crippen molar-refractivity contribution in [2.45, 2.75) is 475 Å². The van der Waals surface area contributed by atoms with Gasteiger partial charge in [0.25, 0.3) is 0 Å². The summed E-state index contributed by atoms with van der Waals surface area (Å²) in [5, 5.41) is 23.5. The summed E-state index contributed by atoms with van der Waals surface area (Å²) >= 11 is 0. The van der Waals surface area contributed by atoms with Crippen LogP contribution in [-0.2, 0) is 14.3 Å². The van der Waals surface area contributed by atoms with E-state index in [0.29, 0.717) is 25.9 Å². The maximum absolute atomic E-state index is 12.6. The number of allylic oxidation sites excluding steroid dienone is 4. The molecule has 522 valence electrons. The second kappa shape index (κ2) is 77.8. The van der Waals surface area contributed by atoms with Gasteiger partial charge in [-0.3, -0.25) is 9.59 Å². The molecule has 2 unspecified atom stereocenters. The third-order valence-corrected chi connectivity index (χ3v) is 19.2. The Kier molecular flexibility index (Phi) is 76.3. The van der Waals surface area contributed by atoms with Crippen molar-refractivity contribution in [3.8, 4) is 0 Å². The number of hydrogen-bond donors (Lipinski definition) is 3. The van der Waals surface area contributed by atoms with Gasteiger partial charge in [0.2, 0.25) is 5.91 Å². The zero-order valence-electron chi connectivity index (χ0n) is 60.0. The van der Waals surface area contributed by atoms with Gasteiger partial charge in [-0.1, -0.05) is 398 Å². The van der Waals surface area contributed by atoms with E-state index in [1.54, 1.807) is 0 Å². The Morgan fingerprint density at radius 2 is 0.534 bits per heavy atom. The number of amides is 1. The zero-order valence-corrected chi connectivity index (χ0v) is 60.0. The third kappa shape index (κ3) is 73.4. The summed E-state index contributed by atoms with van der Waals surface area (Å²) < 4.78 is 5.49. The van der Waals surface area contributed by atoms with Crippen LogP contribution in [-0.4, -0.2) is 47.4 Å². The van der Waals surface area contributed by atoms with Crippen molar-refractivity contribution in [2.24, 2.45) is 0 Å². The molecule has 0 aromatic heterocycles. The van der Waals surface area contributed by atoms with Gasteiger partial charge < -0.3 is 20.3 Å². The topological polar surface area (TPSA) is 95.9 Å². The van der Waals surface area contributed by atoms with Gasteiger partial charge in [0.05, 0.1) is 25.4 Å². The second-order valence-electron chi connectivity index (χ2n) is 28.1. The lowest BCUT2D eigenvalue weighted by Gasteiger charge is -2.22. The summed E-state index contributed by atoms with van der Waals surface area (Å²) in [6, 6.07) is -0.540. The number of aliphatic hydroxyl groups is 2. The summed E-state index contributed by atoms with van der Waals surface area (Å²) in [7, 11) is 0. The van der Waals surface area contributed by atoms with Crippen LogP contribution in [0.15, 0.2) is 24.3 Å². The number of carbonyl (C=O) groups is 2. The maximum Gasteiger partial charge on any atom is 0.305 e. The Morgan fingerprint density at radius 1 is 0.307 bits per heavy atom. The van der Waals surface area contributed by atoms with Crippen LogP contribution in [0.2, 0.25) is 0 Å². The lowest BCUT2D eigenvalue weighted by Crippen LogP contribution is -2.45. The highest BCUT2D eigenvalue weighted by Crippen LogP contribution is 2.20. The highest BCUT2D eigenvalue weighted by Gasteiger charge is 2.20. The molecule has 0 heterocycles. The van der Waals surface area contributed by atoms with Crippen LogP contribution >= 0.6 is 0 Å². The SMILES string of the molecule is CCCCCC/C=C\CCCCCCCC(=O)OCCCCCCCCCCCCCCCC/C=C\CCCCCCCCCCCCCCCCCCCC(=O)NC(CO)C(O)CCCCCCCCCCCCCCCCCCCCCCCCC. The first-order valence-corrected chi connectivity index (χ1v) is 40.6. The predicted molar refractivity (Wildman–Crippen MR) is 389 cm³/mol. The summed E-state index contributed by atoms with van der Waals surface area (Å²) in [6.07, 6.45) is 100.0. The van der Waals surface area contributed by atoms with Crippen molar-refractivity contribution < 1.29 is 24.5 Å². The molecule has 2 atom stereocenters. The molecule has 0 fully saturated rings. The number of unbranched alkanes of at least 4 members (excludes halogenated alkanes) is 62. The van der Waals surface area contributed by atoms with Gasteiger partial charge in [-0.25, -0.2) is 0 Å². The number of hydrogen-bond acceptors (Lipinski definition) is 5. The van der Waals surface area contributed by atoms with E-state index >= 15 is 0 Å². The van der Waals surface area contributed by atoms with Crippen molar-refractivity contribution in [3.63, 3.8) is 0 Å².